The molecule has 1 heterocycles. The maximum absolute atomic E-state index is 11.1. The Balaban J connectivity index is 1.81. The molecule has 1 aliphatic heterocycles. The second-order valence-corrected chi connectivity index (χ2v) is 7.81. The highest BCUT2D eigenvalue weighted by Gasteiger charge is 2.20. The van der Waals surface area contributed by atoms with Gasteiger partial charge < -0.3 is 10.4 Å². The second-order valence-electron chi connectivity index (χ2n) is 7.81. The third-order valence-corrected chi connectivity index (χ3v) is 4.70. The van der Waals surface area contributed by atoms with Crippen molar-refractivity contribution in [2.75, 3.05) is 19.6 Å². The Morgan fingerprint density at radius 3 is 2.58 bits per heavy atom. The van der Waals surface area contributed by atoms with Crippen LogP contribution in [-0.4, -0.2) is 41.1 Å². The van der Waals surface area contributed by atoms with Crippen molar-refractivity contribution in [1.82, 2.24) is 10.2 Å². The molecule has 134 valence electrons. The van der Waals surface area contributed by atoms with Crippen LogP contribution in [0.15, 0.2) is 24.3 Å². The number of rotatable bonds is 7. The fourth-order valence-corrected chi connectivity index (χ4v) is 3.27. The van der Waals surface area contributed by atoms with Gasteiger partial charge in [-0.2, -0.15) is 0 Å². The van der Waals surface area contributed by atoms with Crippen molar-refractivity contribution in [2.24, 2.45) is 5.92 Å². The molecular weight excluding hydrogens is 300 g/mol. The van der Waals surface area contributed by atoms with Crippen LogP contribution in [0, 0.1) is 5.92 Å². The smallest absolute Gasteiger partial charge is 0.216 e. The van der Waals surface area contributed by atoms with E-state index in [1.807, 2.05) is 13.8 Å². The Bertz CT molecular complexity index is 519. The number of hydrogen-bond donors (Lipinski definition) is 2. The maximum atomic E-state index is 11.1. The Morgan fingerprint density at radius 2 is 1.96 bits per heavy atom. The van der Waals surface area contributed by atoms with E-state index in [-0.39, 0.29) is 5.91 Å². The highest BCUT2D eigenvalue weighted by atomic mass is 16.3. The molecule has 2 rings (SSSR count). The maximum Gasteiger partial charge on any atom is 0.216 e. The lowest BCUT2D eigenvalue weighted by Crippen LogP contribution is -2.40. The van der Waals surface area contributed by atoms with E-state index in [1.54, 1.807) is 6.92 Å². The third-order valence-electron chi connectivity index (χ3n) is 4.70. The topological polar surface area (TPSA) is 52.6 Å². The summed E-state index contributed by atoms with van der Waals surface area (Å²) in [4.78, 5) is 13.6. The quantitative estimate of drug-likeness (QED) is 0.807. The molecule has 0 bridgehead atoms. The van der Waals surface area contributed by atoms with Crippen LogP contribution in [0.4, 0.5) is 0 Å². The van der Waals surface area contributed by atoms with Crippen molar-refractivity contribution in [3.05, 3.63) is 35.4 Å². The predicted octanol–water partition coefficient (Wildman–Crippen LogP) is 2.74. The van der Waals surface area contributed by atoms with Crippen LogP contribution in [-0.2, 0) is 17.8 Å². The fraction of sp³-hybridized carbons (Fsp3) is 0.650. The minimum Gasteiger partial charge on any atom is -0.390 e. The summed E-state index contributed by atoms with van der Waals surface area (Å²) in [6, 6.07) is 8.77. The van der Waals surface area contributed by atoms with Crippen molar-refractivity contribution >= 4 is 5.91 Å². The van der Waals surface area contributed by atoms with Gasteiger partial charge in [0.1, 0.15) is 0 Å². The number of likely N-dealkylation sites (tertiary alicyclic amines) is 1. The van der Waals surface area contributed by atoms with E-state index in [0.717, 1.165) is 39.0 Å². The van der Waals surface area contributed by atoms with Crippen LogP contribution in [0.1, 0.15) is 51.2 Å². The largest absolute Gasteiger partial charge is 0.390 e. The van der Waals surface area contributed by atoms with Crippen LogP contribution in [0.3, 0.4) is 0 Å². The average molecular weight is 332 g/mol. The van der Waals surface area contributed by atoms with Crippen LogP contribution < -0.4 is 5.32 Å². The first kappa shape index (κ1) is 18.9. The second kappa shape index (κ2) is 8.63. The van der Waals surface area contributed by atoms with E-state index in [0.29, 0.717) is 5.92 Å². The lowest BCUT2D eigenvalue weighted by Gasteiger charge is -2.32. The van der Waals surface area contributed by atoms with Gasteiger partial charge in [0.25, 0.3) is 0 Å². The summed E-state index contributed by atoms with van der Waals surface area (Å²) in [5.74, 6) is 0.627. The van der Waals surface area contributed by atoms with Gasteiger partial charge >= 0.3 is 0 Å². The van der Waals surface area contributed by atoms with Gasteiger partial charge in [0.05, 0.1) is 5.60 Å². The molecule has 0 aliphatic carbocycles. The molecule has 0 saturated carbocycles. The van der Waals surface area contributed by atoms with E-state index in [1.165, 1.54) is 24.0 Å². The summed E-state index contributed by atoms with van der Waals surface area (Å²) in [6.45, 7) is 9.26. The van der Waals surface area contributed by atoms with Crippen LogP contribution >= 0.6 is 0 Å². The highest BCUT2D eigenvalue weighted by molar-refractivity contribution is 5.72. The Kier molecular flexibility index (Phi) is 6.81. The first-order valence-electron chi connectivity index (χ1n) is 9.09. The molecule has 4 heteroatoms. The normalized spacial score (nSPS) is 19.2. The highest BCUT2D eigenvalue weighted by Crippen LogP contribution is 2.19. The standard InChI is InChI=1S/C20H32N2O2/c1-16(23)21-13-19-5-4-12-22(15-19)14-18-8-6-17(7-9-18)10-11-20(2,3)24/h6-9,19,24H,4-5,10-15H2,1-3H3,(H,21,23)/t19-/m1/s1. The van der Waals surface area contributed by atoms with E-state index >= 15 is 0 Å². The summed E-state index contributed by atoms with van der Waals surface area (Å²) in [7, 11) is 0. The number of hydrogen-bond acceptors (Lipinski definition) is 3. The number of aryl methyl sites for hydroxylation is 1. The first-order valence-corrected chi connectivity index (χ1v) is 9.09. The Morgan fingerprint density at radius 1 is 1.29 bits per heavy atom. The molecule has 1 amide bonds. The van der Waals surface area contributed by atoms with E-state index < -0.39 is 5.60 Å². The van der Waals surface area contributed by atoms with Crippen molar-refractivity contribution < 1.29 is 9.90 Å². The zero-order chi connectivity index (χ0) is 17.6. The molecule has 1 aromatic carbocycles. The summed E-state index contributed by atoms with van der Waals surface area (Å²) >= 11 is 0. The summed E-state index contributed by atoms with van der Waals surface area (Å²) < 4.78 is 0. The SMILES string of the molecule is CC(=O)NC[C@H]1CCCN(Cc2ccc(CCC(C)(C)O)cc2)C1. The van der Waals surface area contributed by atoms with E-state index in [9.17, 15) is 9.90 Å². The number of benzene rings is 1. The van der Waals surface area contributed by atoms with Gasteiger partial charge in [0.2, 0.25) is 5.91 Å². The molecule has 0 aromatic heterocycles. The molecule has 0 unspecified atom stereocenters. The van der Waals surface area contributed by atoms with Gasteiger partial charge in [-0.05, 0) is 63.1 Å². The van der Waals surface area contributed by atoms with Gasteiger partial charge in [0, 0.05) is 26.6 Å². The molecule has 1 saturated heterocycles. The minimum atomic E-state index is -0.602. The molecule has 1 fully saturated rings. The summed E-state index contributed by atoms with van der Waals surface area (Å²) in [6.07, 6.45) is 4.09. The zero-order valence-electron chi connectivity index (χ0n) is 15.3. The van der Waals surface area contributed by atoms with Gasteiger partial charge in [-0.15, -0.1) is 0 Å². The van der Waals surface area contributed by atoms with Crippen LogP contribution in [0.25, 0.3) is 0 Å². The first-order chi connectivity index (χ1) is 11.3. The Hall–Kier alpha value is -1.39. The van der Waals surface area contributed by atoms with Gasteiger partial charge in [0.15, 0.2) is 0 Å². The van der Waals surface area contributed by atoms with Gasteiger partial charge in [-0.1, -0.05) is 24.3 Å². The summed E-state index contributed by atoms with van der Waals surface area (Å²) in [5.41, 5.74) is 2.01. The van der Waals surface area contributed by atoms with Crippen molar-refractivity contribution in [3.63, 3.8) is 0 Å². The molecule has 1 atom stereocenters. The predicted molar refractivity (Wildman–Crippen MR) is 97.7 cm³/mol. The van der Waals surface area contributed by atoms with Crippen molar-refractivity contribution in [3.8, 4) is 0 Å². The number of nitrogens with zero attached hydrogens (tertiary/aromatic N) is 1. The van der Waals surface area contributed by atoms with Crippen molar-refractivity contribution in [1.29, 1.82) is 0 Å². The number of carbonyl (C=O) groups is 1. The fourth-order valence-electron chi connectivity index (χ4n) is 3.27. The van der Waals surface area contributed by atoms with E-state index in [2.05, 4.69) is 34.5 Å². The lowest BCUT2D eigenvalue weighted by molar-refractivity contribution is -0.119. The monoisotopic (exact) mass is 332 g/mol. The molecule has 0 spiro atoms. The number of nitrogens with one attached hydrogen (secondary N) is 1. The van der Waals surface area contributed by atoms with Gasteiger partial charge in [-0.3, -0.25) is 9.69 Å². The minimum absolute atomic E-state index is 0.0637. The number of piperidine rings is 1. The lowest BCUT2D eigenvalue weighted by atomic mass is 9.96. The number of carbonyl (C=O) groups excluding carboxylic acids is 1. The zero-order valence-corrected chi connectivity index (χ0v) is 15.3. The van der Waals surface area contributed by atoms with Crippen LogP contribution in [0.5, 0.6) is 0 Å². The van der Waals surface area contributed by atoms with Crippen LogP contribution in [0.2, 0.25) is 0 Å². The molecule has 2 N–H and O–H groups in total. The summed E-state index contributed by atoms with van der Waals surface area (Å²) in [5, 5.41) is 12.8. The number of aliphatic hydroxyl groups is 1. The third kappa shape index (κ3) is 7.02. The molecule has 24 heavy (non-hydrogen) atoms. The van der Waals surface area contributed by atoms with Gasteiger partial charge in [-0.25, -0.2) is 0 Å². The molecule has 0 radical (unpaired) electrons. The molecule has 4 nitrogen and oxygen atoms in total. The Labute approximate surface area is 146 Å². The molecule has 1 aliphatic rings. The average Bonchev–Trinajstić information content (AvgIpc) is 2.52. The van der Waals surface area contributed by atoms with E-state index in [4.69, 9.17) is 0 Å². The van der Waals surface area contributed by atoms with Crippen molar-refractivity contribution in [2.45, 2.75) is 58.6 Å². The molecular formula is C20H32N2O2. The number of amides is 1. The molecule has 1 aromatic rings.